The molecular weight excluding hydrogens is 303 g/mol. The molecule has 0 amide bonds. The largest absolute Gasteiger partial charge is 0.294 e. The maximum Gasteiger partial charge on any atom is 0.167 e. The van der Waals surface area contributed by atoms with Gasteiger partial charge in [0.25, 0.3) is 0 Å². The van der Waals surface area contributed by atoms with Crippen LogP contribution in [0.15, 0.2) is 36.4 Å². The van der Waals surface area contributed by atoms with Crippen LogP contribution in [0, 0.1) is 6.92 Å². The van der Waals surface area contributed by atoms with E-state index in [1.54, 1.807) is 30.3 Å². The van der Waals surface area contributed by atoms with Gasteiger partial charge in [0.2, 0.25) is 0 Å². The lowest BCUT2D eigenvalue weighted by Crippen LogP contribution is -2.03. The van der Waals surface area contributed by atoms with Crippen molar-refractivity contribution in [3.05, 3.63) is 68.2 Å². The molecule has 0 radical (unpaired) electrons. The van der Waals surface area contributed by atoms with E-state index in [-0.39, 0.29) is 12.2 Å². The van der Waals surface area contributed by atoms with Crippen LogP contribution >= 0.6 is 34.8 Å². The number of benzene rings is 2. The molecule has 0 saturated carbocycles. The van der Waals surface area contributed by atoms with E-state index < -0.39 is 0 Å². The van der Waals surface area contributed by atoms with Gasteiger partial charge in [-0.1, -0.05) is 53.0 Å². The number of halogens is 3. The average Bonchev–Trinajstić information content (AvgIpc) is 2.37. The summed E-state index contributed by atoms with van der Waals surface area (Å²) in [6.07, 6.45) is 0.274. The van der Waals surface area contributed by atoms with Crippen molar-refractivity contribution in [2.75, 3.05) is 0 Å². The number of aryl methyl sites for hydroxylation is 1. The highest BCUT2D eigenvalue weighted by atomic mass is 35.5. The second kappa shape index (κ2) is 5.96. The first kappa shape index (κ1) is 14.4. The zero-order valence-electron chi connectivity index (χ0n) is 10.2. The van der Waals surface area contributed by atoms with Crippen LogP contribution in [0.5, 0.6) is 0 Å². The van der Waals surface area contributed by atoms with Crippen molar-refractivity contribution in [1.82, 2.24) is 0 Å². The summed E-state index contributed by atoms with van der Waals surface area (Å²) in [6, 6.07) is 10.5. The molecule has 0 spiro atoms. The molecule has 0 aliphatic rings. The minimum atomic E-state index is 0.000268. The van der Waals surface area contributed by atoms with E-state index in [2.05, 4.69) is 0 Å². The quantitative estimate of drug-likeness (QED) is 0.695. The van der Waals surface area contributed by atoms with Gasteiger partial charge in [0.1, 0.15) is 0 Å². The van der Waals surface area contributed by atoms with Crippen LogP contribution in [0.3, 0.4) is 0 Å². The van der Waals surface area contributed by atoms with E-state index in [1.165, 1.54) is 0 Å². The first-order valence-electron chi connectivity index (χ1n) is 5.70. The lowest BCUT2D eigenvalue weighted by molar-refractivity contribution is 0.0993. The van der Waals surface area contributed by atoms with Gasteiger partial charge in [-0.15, -0.1) is 0 Å². The summed E-state index contributed by atoms with van der Waals surface area (Å²) < 4.78 is 0. The number of rotatable bonds is 3. The molecule has 4 heteroatoms. The number of hydrogen-bond acceptors (Lipinski definition) is 1. The van der Waals surface area contributed by atoms with Gasteiger partial charge in [-0.25, -0.2) is 0 Å². The van der Waals surface area contributed by atoms with Crippen LogP contribution in [0.4, 0.5) is 0 Å². The van der Waals surface area contributed by atoms with Gasteiger partial charge < -0.3 is 0 Å². The van der Waals surface area contributed by atoms with Crippen molar-refractivity contribution < 1.29 is 4.79 Å². The van der Waals surface area contributed by atoms with Crippen LogP contribution in [-0.4, -0.2) is 5.78 Å². The summed E-state index contributed by atoms with van der Waals surface area (Å²) in [7, 11) is 0. The number of Topliss-reactive ketones (excluding diaryl/α,β-unsaturated/α-hetero) is 1. The smallest absolute Gasteiger partial charge is 0.167 e. The highest BCUT2D eigenvalue weighted by Crippen LogP contribution is 2.24. The molecule has 0 heterocycles. The Labute approximate surface area is 127 Å². The summed E-state index contributed by atoms with van der Waals surface area (Å²) in [5, 5.41) is 1.53. The molecule has 0 fully saturated rings. The maximum atomic E-state index is 12.1. The van der Waals surface area contributed by atoms with E-state index >= 15 is 0 Å². The fraction of sp³-hybridized carbons (Fsp3) is 0.133. The van der Waals surface area contributed by atoms with Crippen molar-refractivity contribution in [3.63, 3.8) is 0 Å². The van der Waals surface area contributed by atoms with Crippen LogP contribution in [0.1, 0.15) is 21.5 Å². The molecule has 98 valence electrons. The molecule has 0 bridgehead atoms. The minimum Gasteiger partial charge on any atom is -0.294 e. The second-order valence-corrected chi connectivity index (χ2v) is 5.53. The first-order chi connectivity index (χ1) is 8.97. The number of ketones is 1. The predicted octanol–water partition coefficient (Wildman–Crippen LogP) is 5.38. The lowest BCUT2D eigenvalue weighted by Gasteiger charge is -2.05. The maximum absolute atomic E-state index is 12.1. The Morgan fingerprint density at radius 3 is 2.32 bits per heavy atom. The summed E-state index contributed by atoms with van der Waals surface area (Å²) in [6.45, 7) is 1.90. The topological polar surface area (TPSA) is 17.1 Å². The molecule has 19 heavy (non-hydrogen) atoms. The van der Waals surface area contributed by atoms with Gasteiger partial charge in [-0.2, -0.15) is 0 Å². The van der Waals surface area contributed by atoms with Gasteiger partial charge in [0.15, 0.2) is 5.78 Å². The summed E-state index contributed by atoms with van der Waals surface area (Å²) in [5.41, 5.74) is 2.38. The molecule has 0 N–H and O–H groups in total. The fourth-order valence-electron chi connectivity index (χ4n) is 1.70. The highest BCUT2D eigenvalue weighted by Gasteiger charge is 2.09. The Morgan fingerprint density at radius 1 is 0.947 bits per heavy atom. The molecular formula is C15H11Cl3O. The van der Waals surface area contributed by atoms with Crippen LogP contribution < -0.4 is 0 Å². The zero-order chi connectivity index (χ0) is 14.0. The SMILES string of the molecule is Cc1ccc(C(=O)Cc2ccc(Cl)c(Cl)c2)cc1Cl. The molecule has 0 atom stereocenters. The Hall–Kier alpha value is -1.02. The molecule has 1 nitrogen and oxygen atoms in total. The number of carbonyl (C=O) groups is 1. The van der Waals surface area contributed by atoms with Crippen molar-refractivity contribution in [2.24, 2.45) is 0 Å². The monoisotopic (exact) mass is 312 g/mol. The molecule has 0 unspecified atom stereocenters. The van der Waals surface area contributed by atoms with Crippen molar-refractivity contribution in [3.8, 4) is 0 Å². The summed E-state index contributed by atoms with van der Waals surface area (Å²) >= 11 is 17.8. The number of carbonyl (C=O) groups excluding carboxylic acids is 1. The van der Waals surface area contributed by atoms with E-state index in [1.807, 2.05) is 13.0 Å². The fourth-order valence-corrected chi connectivity index (χ4v) is 2.20. The van der Waals surface area contributed by atoms with Gasteiger partial charge in [0.05, 0.1) is 10.0 Å². The van der Waals surface area contributed by atoms with Crippen LogP contribution in [-0.2, 0) is 6.42 Å². The van der Waals surface area contributed by atoms with Crippen LogP contribution in [0.2, 0.25) is 15.1 Å². The van der Waals surface area contributed by atoms with Crippen molar-refractivity contribution in [1.29, 1.82) is 0 Å². The zero-order valence-corrected chi connectivity index (χ0v) is 12.5. The van der Waals surface area contributed by atoms with Crippen LogP contribution in [0.25, 0.3) is 0 Å². The van der Waals surface area contributed by atoms with Gasteiger partial charge in [-0.05, 0) is 36.2 Å². The summed E-state index contributed by atoms with van der Waals surface area (Å²) in [5.74, 6) is 0.000268. The Morgan fingerprint density at radius 2 is 1.68 bits per heavy atom. The molecule has 0 aromatic heterocycles. The Bertz CT molecular complexity index is 635. The van der Waals surface area contributed by atoms with Gasteiger partial charge in [0, 0.05) is 17.0 Å². The normalized spacial score (nSPS) is 10.5. The van der Waals surface area contributed by atoms with E-state index in [9.17, 15) is 4.79 Å². The van der Waals surface area contributed by atoms with E-state index in [0.717, 1.165) is 11.1 Å². The van der Waals surface area contributed by atoms with Gasteiger partial charge >= 0.3 is 0 Å². The second-order valence-electron chi connectivity index (χ2n) is 4.31. The predicted molar refractivity (Wildman–Crippen MR) is 80.7 cm³/mol. The highest BCUT2D eigenvalue weighted by molar-refractivity contribution is 6.42. The summed E-state index contributed by atoms with van der Waals surface area (Å²) in [4.78, 5) is 12.1. The standard InChI is InChI=1S/C15H11Cl3O/c1-9-2-4-11(8-13(9)17)15(19)7-10-3-5-12(16)14(18)6-10/h2-6,8H,7H2,1H3. The third-order valence-electron chi connectivity index (χ3n) is 2.84. The van der Waals surface area contributed by atoms with E-state index in [4.69, 9.17) is 34.8 Å². The average molecular weight is 314 g/mol. The minimum absolute atomic E-state index is 0.000268. The molecule has 2 rings (SSSR count). The van der Waals surface area contributed by atoms with Gasteiger partial charge in [-0.3, -0.25) is 4.79 Å². The molecule has 0 saturated heterocycles. The third kappa shape index (κ3) is 3.50. The van der Waals surface area contributed by atoms with Crippen molar-refractivity contribution >= 4 is 40.6 Å². The molecule has 0 aliphatic heterocycles. The Balaban J connectivity index is 2.20. The van der Waals surface area contributed by atoms with Crippen molar-refractivity contribution in [2.45, 2.75) is 13.3 Å². The lowest BCUT2D eigenvalue weighted by atomic mass is 10.0. The third-order valence-corrected chi connectivity index (χ3v) is 3.99. The molecule has 0 aliphatic carbocycles. The molecule has 2 aromatic rings. The number of hydrogen-bond donors (Lipinski definition) is 0. The first-order valence-corrected chi connectivity index (χ1v) is 6.84. The Kier molecular flexibility index (Phi) is 4.51. The molecule has 2 aromatic carbocycles. The van der Waals surface area contributed by atoms with E-state index in [0.29, 0.717) is 20.6 Å².